The second-order valence-electron chi connectivity index (χ2n) is 4.02. The molecule has 0 atom stereocenters. The Balaban J connectivity index is 3.35. The van der Waals surface area contributed by atoms with Crippen LogP contribution in [0.5, 0.6) is 0 Å². The van der Waals surface area contributed by atoms with E-state index in [0.29, 0.717) is 6.42 Å². The number of rotatable bonds is 10. The molecular formula is C11H22O5S. The maximum Gasteiger partial charge on any atom is 0.305 e. The van der Waals surface area contributed by atoms with Crippen LogP contribution in [0.1, 0.15) is 51.9 Å². The maximum absolute atomic E-state index is 11.1. The second-order valence-corrected chi connectivity index (χ2v) is 5.60. The number of unbranched alkanes of at least 4 members (excludes halogenated alkanes) is 5. The van der Waals surface area contributed by atoms with E-state index in [1.54, 1.807) is 0 Å². The van der Waals surface area contributed by atoms with Crippen molar-refractivity contribution in [3.05, 3.63) is 0 Å². The fraction of sp³-hybridized carbons (Fsp3) is 0.909. The Labute approximate surface area is 103 Å². The van der Waals surface area contributed by atoms with Gasteiger partial charge in [-0.2, -0.15) is 8.42 Å². The fourth-order valence-electron chi connectivity index (χ4n) is 1.38. The Kier molecular flexibility index (Phi) is 9.07. The summed E-state index contributed by atoms with van der Waals surface area (Å²) >= 11 is 0. The van der Waals surface area contributed by atoms with Gasteiger partial charge in [0.1, 0.15) is 12.4 Å². The molecule has 0 aromatic heterocycles. The molecule has 0 radical (unpaired) electrons. The summed E-state index contributed by atoms with van der Waals surface area (Å²) in [6.07, 6.45) is 6.80. The summed E-state index contributed by atoms with van der Waals surface area (Å²) in [5.41, 5.74) is 0. The average Bonchev–Trinajstić information content (AvgIpc) is 2.21. The minimum absolute atomic E-state index is 0.270. The zero-order valence-corrected chi connectivity index (χ0v) is 11.2. The van der Waals surface area contributed by atoms with Crippen molar-refractivity contribution in [2.45, 2.75) is 51.9 Å². The zero-order valence-electron chi connectivity index (χ0n) is 10.4. The van der Waals surface area contributed by atoms with Gasteiger partial charge >= 0.3 is 5.97 Å². The number of hydrogen-bond acceptors (Lipinski definition) is 4. The normalized spacial score (nSPS) is 11.4. The Morgan fingerprint density at radius 1 is 1.12 bits per heavy atom. The summed E-state index contributed by atoms with van der Waals surface area (Å²) in [7, 11) is -4.03. The lowest BCUT2D eigenvalue weighted by atomic mass is 10.1. The van der Waals surface area contributed by atoms with Gasteiger partial charge in [0.2, 0.25) is 0 Å². The predicted molar refractivity (Wildman–Crippen MR) is 65.4 cm³/mol. The monoisotopic (exact) mass is 266 g/mol. The van der Waals surface area contributed by atoms with Gasteiger partial charge in [-0.3, -0.25) is 9.35 Å². The third kappa shape index (κ3) is 13.3. The van der Waals surface area contributed by atoms with E-state index in [1.165, 1.54) is 19.3 Å². The summed E-state index contributed by atoms with van der Waals surface area (Å²) in [6, 6.07) is 0. The van der Waals surface area contributed by atoms with Crippen molar-refractivity contribution in [2.75, 3.05) is 12.4 Å². The van der Waals surface area contributed by atoms with E-state index in [0.717, 1.165) is 19.3 Å². The first-order valence-electron chi connectivity index (χ1n) is 6.06. The van der Waals surface area contributed by atoms with Crippen molar-refractivity contribution < 1.29 is 22.5 Å². The highest BCUT2D eigenvalue weighted by Crippen LogP contribution is 2.07. The summed E-state index contributed by atoms with van der Waals surface area (Å²) in [4.78, 5) is 11.1. The molecule has 0 aliphatic rings. The maximum atomic E-state index is 11.1. The van der Waals surface area contributed by atoms with Crippen LogP contribution in [0.2, 0.25) is 0 Å². The van der Waals surface area contributed by atoms with Crippen LogP contribution in [0, 0.1) is 0 Å². The van der Waals surface area contributed by atoms with Gasteiger partial charge in [-0.1, -0.05) is 39.0 Å². The SMILES string of the molecule is CCCCCCCCC(=O)OCCS(=O)(=O)O. The molecule has 0 unspecified atom stereocenters. The topological polar surface area (TPSA) is 80.7 Å². The molecule has 0 aromatic carbocycles. The number of carbonyl (C=O) groups is 1. The van der Waals surface area contributed by atoms with E-state index < -0.39 is 21.8 Å². The smallest absolute Gasteiger partial charge is 0.305 e. The first-order chi connectivity index (χ1) is 7.95. The van der Waals surface area contributed by atoms with Crippen molar-refractivity contribution >= 4 is 16.1 Å². The van der Waals surface area contributed by atoms with E-state index in [-0.39, 0.29) is 6.61 Å². The standard InChI is InChI=1S/C11H22O5S/c1-2-3-4-5-6-7-8-11(12)16-9-10-17(13,14)15/h2-10H2,1H3,(H,13,14,15). The Bertz CT molecular complexity index is 297. The van der Waals surface area contributed by atoms with Crippen LogP contribution in [0.3, 0.4) is 0 Å². The molecule has 0 fully saturated rings. The van der Waals surface area contributed by atoms with Gasteiger partial charge in [0.25, 0.3) is 10.1 Å². The van der Waals surface area contributed by atoms with Crippen LogP contribution in [-0.4, -0.2) is 31.3 Å². The molecule has 0 saturated heterocycles. The second kappa shape index (κ2) is 9.41. The minimum atomic E-state index is -4.03. The summed E-state index contributed by atoms with van der Waals surface area (Å²) < 4.78 is 33.8. The molecule has 17 heavy (non-hydrogen) atoms. The molecular weight excluding hydrogens is 244 g/mol. The molecule has 0 spiro atoms. The lowest BCUT2D eigenvalue weighted by Gasteiger charge is -2.03. The quantitative estimate of drug-likeness (QED) is 0.372. The molecule has 6 heteroatoms. The van der Waals surface area contributed by atoms with E-state index in [2.05, 4.69) is 11.7 Å². The van der Waals surface area contributed by atoms with Gasteiger partial charge in [0.05, 0.1) is 0 Å². The van der Waals surface area contributed by atoms with Crippen molar-refractivity contribution in [1.29, 1.82) is 0 Å². The lowest BCUT2D eigenvalue weighted by Crippen LogP contribution is -2.14. The molecule has 0 saturated carbocycles. The third-order valence-electron chi connectivity index (χ3n) is 2.34. The Hall–Kier alpha value is -0.620. The van der Waals surface area contributed by atoms with Crippen molar-refractivity contribution in [3.63, 3.8) is 0 Å². The zero-order chi connectivity index (χ0) is 13.1. The number of carbonyl (C=O) groups excluding carboxylic acids is 1. The van der Waals surface area contributed by atoms with Crippen LogP contribution in [-0.2, 0) is 19.6 Å². The van der Waals surface area contributed by atoms with Gasteiger partial charge in [0, 0.05) is 6.42 Å². The van der Waals surface area contributed by atoms with Crippen molar-refractivity contribution in [2.24, 2.45) is 0 Å². The highest BCUT2D eigenvalue weighted by molar-refractivity contribution is 7.85. The van der Waals surface area contributed by atoms with Crippen molar-refractivity contribution in [3.8, 4) is 0 Å². The van der Waals surface area contributed by atoms with E-state index in [1.807, 2.05) is 0 Å². The van der Waals surface area contributed by atoms with Crippen LogP contribution in [0.4, 0.5) is 0 Å². The largest absolute Gasteiger partial charge is 0.464 e. The molecule has 0 heterocycles. The minimum Gasteiger partial charge on any atom is -0.464 e. The van der Waals surface area contributed by atoms with E-state index in [4.69, 9.17) is 4.55 Å². The highest BCUT2D eigenvalue weighted by atomic mass is 32.2. The van der Waals surface area contributed by atoms with Gasteiger partial charge in [-0.25, -0.2) is 0 Å². The summed E-state index contributed by atoms with van der Waals surface area (Å²) in [5.74, 6) is -0.931. The molecule has 0 aromatic rings. The van der Waals surface area contributed by atoms with Gasteiger partial charge in [-0.15, -0.1) is 0 Å². The van der Waals surface area contributed by atoms with Crippen LogP contribution in [0.25, 0.3) is 0 Å². The Morgan fingerprint density at radius 3 is 2.29 bits per heavy atom. The van der Waals surface area contributed by atoms with Gasteiger partial charge in [-0.05, 0) is 6.42 Å². The molecule has 0 aliphatic carbocycles. The highest BCUT2D eigenvalue weighted by Gasteiger charge is 2.07. The number of hydrogen-bond donors (Lipinski definition) is 1. The van der Waals surface area contributed by atoms with E-state index >= 15 is 0 Å². The molecule has 0 bridgehead atoms. The van der Waals surface area contributed by atoms with Gasteiger partial charge < -0.3 is 4.74 Å². The molecule has 0 rings (SSSR count). The summed E-state index contributed by atoms with van der Waals surface area (Å²) in [5, 5.41) is 0. The number of esters is 1. The first-order valence-corrected chi connectivity index (χ1v) is 7.67. The fourth-order valence-corrected chi connectivity index (χ4v) is 1.68. The van der Waals surface area contributed by atoms with Crippen molar-refractivity contribution in [1.82, 2.24) is 0 Å². The molecule has 0 amide bonds. The predicted octanol–water partition coefficient (Wildman–Crippen LogP) is 2.17. The molecule has 0 aliphatic heterocycles. The third-order valence-corrected chi connectivity index (χ3v) is 3.02. The molecule has 102 valence electrons. The Morgan fingerprint density at radius 2 is 1.71 bits per heavy atom. The van der Waals surface area contributed by atoms with Crippen LogP contribution >= 0.6 is 0 Å². The first kappa shape index (κ1) is 16.4. The molecule has 1 N–H and O–H groups in total. The van der Waals surface area contributed by atoms with E-state index in [9.17, 15) is 13.2 Å². The van der Waals surface area contributed by atoms with Crippen LogP contribution in [0.15, 0.2) is 0 Å². The van der Waals surface area contributed by atoms with Crippen LogP contribution < -0.4 is 0 Å². The lowest BCUT2D eigenvalue weighted by molar-refractivity contribution is -0.143. The summed E-state index contributed by atoms with van der Waals surface area (Å²) in [6.45, 7) is 1.88. The number of ether oxygens (including phenoxy) is 1. The van der Waals surface area contributed by atoms with Gasteiger partial charge in [0.15, 0.2) is 0 Å². The molecule has 5 nitrogen and oxygen atoms in total. The average molecular weight is 266 g/mol.